The zero-order valence-corrected chi connectivity index (χ0v) is 8.64. The van der Waals surface area contributed by atoms with Crippen LogP contribution >= 0.6 is 0 Å². The van der Waals surface area contributed by atoms with Gasteiger partial charge in [-0.3, -0.25) is 0 Å². The maximum atomic E-state index is 4.17. The third-order valence-corrected chi connectivity index (χ3v) is 1.48. The molecule has 0 aliphatic heterocycles. The summed E-state index contributed by atoms with van der Waals surface area (Å²) < 4.78 is 0. The van der Waals surface area contributed by atoms with E-state index in [2.05, 4.69) is 16.2 Å². The van der Waals surface area contributed by atoms with E-state index in [1.165, 1.54) is 0 Å². The third-order valence-electron chi connectivity index (χ3n) is 1.48. The van der Waals surface area contributed by atoms with Gasteiger partial charge in [-0.2, -0.15) is 6.07 Å². The summed E-state index contributed by atoms with van der Waals surface area (Å²) >= 11 is 0. The molecule has 1 N–H and O–H groups in total. The molecular weight excluding hydrogens is 328 g/mol. The van der Waals surface area contributed by atoms with E-state index in [0.717, 1.165) is 11.3 Å². The predicted molar refractivity (Wildman–Crippen MR) is 42.9 cm³/mol. The minimum absolute atomic E-state index is 0. The predicted octanol–water partition coefficient (Wildman–Crippen LogP) is 1.87. The summed E-state index contributed by atoms with van der Waals surface area (Å²) in [7, 11) is 0. The van der Waals surface area contributed by atoms with Crippen molar-refractivity contribution in [1.29, 1.82) is 0 Å². The first-order valence-electron chi connectivity index (χ1n) is 3.43. The largest absolute Gasteiger partial charge is 0.453 e. The van der Waals surface area contributed by atoms with Crippen LogP contribution < -0.4 is 0 Å². The molecule has 0 aromatic carbocycles. The summed E-state index contributed by atoms with van der Waals surface area (Å²) in [6.45, 7) is 0. The van der Waals surface area contributed by atoms with Gasteiger partial charge in [-0.05, 0) is 11.8 Å². The van der Waals surface area contributed by atoms with Gasteiger partial charge in [0.15, 0.2) is 0 Å². The van der Waals surface area contributed by atoms with E-state index in [1.54, 1.807) is 6.20 Å². The summed E-state index contributed by atoms with van der Waals surface area (Å²) in [5.41, 5.74) is 1.96. The Morgan fingerprint density at radius 1 is 1.25 bits per heavy atom. The number of hydrogen-bond donors (Lipinski definition) is 1. The Balaban J connectivity index is 0.000000720. The van der Waals surface area contributed by atoms with Crippen LogP contribution in [0.2, 0.25) is 0 Å². The minimum Gasteiger partial charge on any atom is -0.453 e. The van der Waals surface area contributed by atoms with Crippen molar-refractivity contribution in [2.24, 2.45) is 0 Å². The minimum atomic E-state index is 0. The number of aromatic amines is 1. The second-order valence-electron chi connectivity index (χ2n) is 2.23. The molecule has 0 aliphatic rings. The molecule has 0 amide bonds. The van der Waals surface area contributed by atoms with Gasteiger partial charge in [0.1, 0.15) is 0 Å². The molecule has 2 heterocycles. The molecule has 0 spiro atoms. The molecule has 0 aliphatic carbocycles. The van der Waals surface area contributed by atoms with Crippen molar-refractivity contribution in [2.75, 3.05) is 0 Å². The van der Waals surface area contributed by atoms with Crippen molar-refractivity contribution >= 4 is 0 Å². The Bertz CT molecular complexity index is 316. The standard InChI is InChI=1S/C9H7N2.Ir/c1-2-5-11-9(3-1)8-4-6-10-7-8;/h1-6,10H;/q-1;. The normalized spacial score (nSPS) is 9.00. The van der Waals surface area contributed by atoms with Crippen molar-refractivity contribution in [3.63, 3.8) is 0 Å². The molecule has 2 aromatic heterocycles. The third kappa shape index (κ3) is 1.81. The van der Waals surface area contributed by atoms with E-state index in [4.69, 9.17) is 0 Å². The molecule has 12 heavy (non-hydrogen) atoms. The smallest absolute Gasteiger partial charge is 0.0160 e. The van der Waals surface area contributed by atoms with Gasteiger partial charge in [-0.15, -0.1) is 11.8 Å². The number of aromatic nitrogens is 2. The first-order chi connectivity index (χ1) is 5.47. The molecule has 0 fully saturated rings. The van der Waals surface area contributed by atoms with Crippen molar-refractivity contribution in [1.82, 2.24) is 9.97 Å². The van der Waals surface area contributed by atoms with Gasteiger partial charge in [0, 0.05) is 26.3 Å². The number of nitrogens with one attached hydrogen (secondary N) is 1. The summed E-state index contributed by atoms with van der Waals surface area (Å²) in [6.07, 6.45) is 6.58. The van der Waals surface area contributed by atoms with E-state index >= 15 is 0 Å². The SMILES string of the molecule is [Ir].[c-]1[nH]ccc1-c1ccccn1. The van der Waals surface area contributed by atoms with Crippen LogP contribution in [0.25, 0.3) is 11.3 Å². The number of nitrogens with zero attached hydrogens (tertiary/aromatic N) is 1. The van der Waals surface area contributed by atoms with Gasteiger partial charge >= 0.3 is 0 Å². The number of H-pyrrole nitrogens is 1. The Labute approximate surface area is 84.4 Å². The molecule has 2 nitrogen and oxygen atoms in total. The summed E-state index contributed by atoms with van der Waals surface area (Å²) in [4.78, 5) is 7.03. The second-order valence-corrected chi connectivity index (χ2v) is 2.23. The van der Waals surface area contributed by atoms with E-state index in [-0.39, 0.29) is 20.1 Å². The number of pyridine rings is 1. The molecule has 0 atom stereocenters. The Kier molecular flexibility index (Phi) is 3.20. The second kappa shape index (κ2) is 4.19. The van der Waals surface area contributed by atoms with Crippen LogP contribution in [0, 0.1) is 6.20 Å². The monoisotopic (exact) mass is 336 g/mol. The fraction of sp³-hybridized carbons (Fsp3) is 0. The fourth-order valence-electron chi connectivity index (χ4n) is 0.958. The Morgan fingerprint density at radius 3 is 2.75 bits per heavy atom. The maximum absolute atomic E-state index is 4.17. The van der Waals surface area contributed by atoms with E-state index in [0.29, 0.717) is 0 Å². The first-order valence-corrected chi connectivity index (χ1v) is 3.43. The van der Waals surface area contributed by atoms with E-state index in [9.17, 15) is 0 Å². The van der Waals surface area contributed by atoms with E-state index in [1.807, 2.05) is 30.5 Å². The van der Waals surface area contributed by atoms with Gasteiger partial charge in [-0.25, -0.2) is 0 Å². The van der Waals surface area contributed by atoms with Gasteiger partial charge in [0.25, 0.3) is 0 Å². The van der Waals surface area contributed by atoms with Gasteiger partial charge in [0.2, 0.25) is 0 Å². The van der Waals surface area contributed by atoms with Crippen LogP contribution in [-0.4, -0.2) is 9.97 Å². The van der Waals surface area contributed by atoms with Crippen LogP contribution in [0.3, 0.4) is 0 Å². The Hall–Kier alpha value is -0.921. The van der Waals surface area contributed by atoms with Gasteiger partial charge < -0.3 is 9.97 Å². The van der Waals surface area contributed by atoms with Crippen molar-refractivity contribution in [3.8, 4) is 11.3 Å². The van der Waals surface area contributed by atoms with E-state index < -0.39 is 0 Å². The first kappa shape index (κ1) is 9.17. The fourth-order valence-corrected chi connectivity index (χ4v) is 0.958. The Morgan fingerprint density at radius 2 is 2.17 bits per heavy atom. The molecule has 2 rings (SSSR count). The van der Waals surface area contributed by atoms with Gasteiger partial charge in [0.05, 0.1) is 0 Å². The molecular formula is C9H7IrN2-. The number of rotatable bonds is 1. The summed E-state index contributed by atoms with van der Waals surface area (Å²) in [6, 6.07) is 7.77. The zero-order valence-electron chi connectivity index (χ0n) is 6.24. The summed E-state index contributed by atoms with van der Waals surface area (Å²) in [5.74, 6) is 0. The summed E-state index contributed by atoms with van der Waals surface area (Å²) in [5, 5.41) is 0. The molecule has 0 unspecified atom stereocenters. The van der Waals surface area contributed by atoms with Crippen molar-refractivity contribution < 1.29 is 20.1 Å². The van der Waals surface area contributed by atoms with Gasteiger partial charge in [-0.1, -0.05) is 18.3 Å². The average molecular weight is 335 g/mol. The zero-order chi connectivity index (χ0) is 7.52. The van der Waals surface area contributed by atoms with Crippen LogP contribution in [0.4, 0.5) is 0 Å². The molecule has 0 saturated carbocycles. The van der Waals surface area contributed by atoms with Crippen LogP contribution in [0.15, 0.2) is 36.7 Å². The van der Waals surface area contributed by atoms with Crippen molar-refractivity contribution in [2.45, 2.75) is 0 Å². The molecule has 1 radical (unpaired) electrons. The average Bonchev–Trinajstić information content (AvgIpc) is 2.58. The maximum Gasteiger partial charge on any atom is 0.0160 e. The molecule has 3 heteroatoms. The topological polar surface area (TPSA) is 28.7 Å². The molecule has 0 saturated heterocycles. The van der Waals surface area contributed by atoms with Crippen LogP contribution in [0.1, 0.15) is 0 Å². The quantitative estimate of drug-likeness (QED) is 0.792. The number of hydrogen-bond acceptors (Lipinski definition) is 1. The molecule has 63 valence electrons. The van der Waals surface area contributed by atoms with Crippen LogP contribution in [0.5, 0.6) is 0 Å². The molecule has 0 bridgehead atoms. The van der Waals surface area contributed by atoms with Crippen molar-refractivity contribution in [3.05, 3.63) is 42.9 Å². The molecule has 2 aromatic rings. The van der Waals surface area contributed by atoms with Crippen LogP contribution in [-0.2, 0) is 20.1 Å².